The van der Waals surface area contributed by atoms with E-state index in [1.54, 1.807) is 32.5 Å². The first-order valence-corrected chi connectivity index (χ1v) is 7.88. The second kappa shape index (κ2) is 8.29. The summed E-state index contributed by atoms with van der Waals surface area (Å²) in [5.41, 5.74) is 1.20. The zero-order chi connectivity index (χ0) is 16.8. The van der Waals surface area contributed by atoms with E-state index in [0.29, 0.717) is 41.7 Å². The first-order valence-electron chi connectivity index (χ1n) is 7.12. The van der Waals surface area contributed by atoms with Crippen molar-refractivity contribution in [3.63, 3.8) is 0 Å². The van der Waals surface area contributed by atoms with E-state index in [0.717, 1.165) is 11.4 Å². The minimum Gasteiger partial charge on any atom is -0.383 e. The van der Waals surface area contributed by atoms with Crippen molar-refractivity contribution in [2.24, 2.45) is 0 Å². The number of nitrogens with one attached hydrogen (secondary N) is 1. The Kier molecular flexibility index (Phi) is 6.38. The van der Waals surface area contributed by atoms with Gasteiger partial charge in [0.15, 0.2) is 0 Å². The van der Waals surface area contributed by atoms with Crippen LogP contribution in [0.25, 0.3) is 0 Å². The molecule has 0 bridgehead atoms. The lowest BCUT2D eigenvalue weighted by Gasteiger charge is -2.09. The van der Waals surface area contributed by atoms with Crippen molar-refractivity contribution in [1.29, 1.82) is 0 Å². The number of ether oxygens (including phenoxy) is 1. The van der Waals surface area contributed by atoms with Crippen LogP contribution in [0.2, 0.25) is 10.0 Å². The highest BCUT2D eigenvalue weighted by Gasteiger charge is 2.11. The van der Waals surface area contributed by atoms with Crippen LogP contribution in [0.1, 0.15) is 21.7 Å². The van der Waals surface area contributed by atoms with Gasteiger partial charge in [-0.05, 0) is 24.6 Å². The third-order valence-electron chi connectivity index (χ3n) is 3.41. The molecular formula is C15H18Cl2N4O2. The Morgan fingerprint density at radius 3 is 2.70 bits per heavy atom. The quantitative estimate of drug-likeness (QED) is 0.827. The lowest BCUT2D eigenvalue weighted by atomic mass is 10.1. The molecule has 1 aromatic carbocycles. The lowest BCUT2D eigenvalue weighted by Crippen LogP contribution is -2.26. The lowest BCUT2D eigenvalue weighted by molar-refractivity contribution is 0.0954. The van der Waals surface area contributed by atoms with Crippen LogP contribution in [-0.2, 0) is 17.7 Å². The van der Waals surface area contributed by atoms with E-state index >= 15 is 0 Å². The van der Waals surface area contributed by atoms with Crippen LogP contribution in [0.4, 0.5) is 0 Å². The molecule has 0 aliphatic rings. The van der Waals surface area contributed by atoms with Gasteiger partial charge in [0, 0.05) is 42.2 Å². The number of rotatable bonds is 7. The van der Waals surface area contributed by atoms with Crippen molar-refractivity contribution in [1.82, 2.24) is 20.1 Å². The third-order valence-corrected chi connectivity index (χ3v) is 4.19. The maximum atomic E-state index is 12.2. The molecule has 0 aliphatic heterocycles. The summed E-state index contributed by atoms with van der Waals surface area (Å²) in [4.78, 5) is 12.2. The first-order chi connectivity index (χ1) is 11.0. The average molecular weight is 357 g/mol. The summed E-state index contributed by atoms with van der Waals surface area (Å²) in [5.74, 6) is 0.569. The van der Waals surface area contributed by atoms with Gasteiger partial charge in [-0.15, -0.1) is 10.2 Å². The zero-order valence-electron chi connectivity index (χ0n) is 13.0. The molecule has 0 fully saturated rings. The molecule has 0 atom stereocenters. The molecule has 8 heteroatoms. The SMILES string of the molecule is COCCn1cnnc1CCNC(=O)c1cc(Cl)c(C)c(Cl)c1. The van der Waals surface area contributed by atoms with E-state index in [-0.39, 0.29) is 5.91 Å². The van der Waals surface area contributed by atoms with Gasteiger partial charge in [0.05, 0.1) is 6.61 Å². The highest BCUT2D eigenvalue weighted by atomic mass is 35.5. The fraction of sp³-hybridized carbons (Fsp3) is 0.400. The zero-order valence-corrected chi connectivity index (χ0v) is 14.5. The van der Waals surface area contributed by atoms with Crippen molar-refractivity contribution in [2.75, 3.05) is 20.3 Å². The molecule has 0 spiro atoms. The molecular weight excluding hydrogens is 339 g/mol. The minimum absolute atomic E-state index is 0.225. The van der Waals surface area contributed by atoms with Gasteiger partial charge in [-0.25, -0.2) is 0 Å². The number of hydrogen-bond acceptors (Lipinski definition) is 4. The number of hydrogen-bond donors (Lipinski definition) is 1. The molecule has 0 radical (unpaired) electrons. The maximum Gasteiger partial charge on any atom is 0.251 e. The Balaban J connectivity index is 1.91. The topological polar surface area (TPSA) is 69.0 Å². The van der Waals surface area contributed by atoms with Crippen LogP contribution in [0.15, 0.2) is 18.5 Å². The molecule has 0 saturated heterocycles. The molecule has 1 heterocycles. The second-order valence-electron chi connectivity index (χ2n) is 5.00. The summed E-state index contributed by atoms with van der Waals surface area (Å²) in [6.07, 6.45) is 2.22. The van der Waals surface area contributed by atoms with Crippen molar-refractivity contribution in [3.05, 3.63) is 45.5 Å². The molecule has 2 rings (SSSR count). The minimum atomic E-state index is -0.225. The van der Waals surface area contributed by atoms with E-state index in [1.165, 1.54) is 0 Å². The predicted octanol–water partition coefficient (Wildman–Crippen LogP) is 2.51. The Labute approximate surface area is 144 Å². The summed E-state index contributed by atoms with van der Waals surface area (Å²) >= 11 is 12.1. The molecule has 1 amide bonds. The third kappa shape index (κ3) is 4.67. The van der Waals surface area contributed by atoms with E-state index in [2.05, 4.69) is 15.5 Å². The Morgan fingerprint density at radius 2 is 2.04 bits per heavy atom. The number of amides is 1. The summed E-state index contributed by atoms with van der Waals surface area (Å²) in [7, 11) is 1.64. The van der Waals surface area contributed by atoms with Gasteiger partial charge in [0.2, 0.25) is 0 Å². The van der Waals surface area contributed by atoms with E-state index < -0.39 is 0 Å². The maximum absolute atomic E-state index is 12.2. The summed E-state index contributed by atoms with van der Waals surface area (Å²) in [6.45, 7) is 3.50. The molecule has 2 aromatic rings. The van der Waals surface area contributed by atoms with Crippen molar-refractivity contribution < 1.29 is 9.53 Å². The number of carbonyl (C=O) groups is 1. The summed E-state index contributed by atoms with van der Waals surface area (Å²) in [6, 6.07) is 3.22. The normalized spacial score (nSPS) is 10.8. The summed E-state index contributed by atoms with van der Waals surface area (Å²) < 4.78 is 6.93. The van der Waals surface area contributed by atoms with Crippen LogP contribution in [0.5, 0.6) is 0 Å². The molecule has 0 aliphatic carbocycles. The van der Waals surface area contributed by atoms with Crippen molar-refractivity contribution in [3.8, 4) is 0 Å². The van der Waals surface area contributed by atoms with E-state index in [1.807, 2.05) is 4.57 Å². The van der Waals surface area contributed by atoms with E-state index in [9.17, 15) is 4.79 Å². The Bertz CT molecular complexity index is 665. The summed E-state index contributed by atoms with van der Waals surface area (Å²) in [5, 5.41) is 11.7. The fourth-order valence-corrected chi connectivity index (χ4v) is 2.50. The van der Waals surface area contributed by atoms with Crippen LogP contribution >= 0.6 is 23.2 Å². The van der Waals surface area contributed by atoms with Crippen LogP contribution in [0.3, 0.4) is 0 Å². The number of benzene rings is 1. The van der Waals surface area contributed by atoms with Gasteiger partial charge in [-0.2, -0.15) is 0 Å². The number of methoxy groups -OCH3 is 1. The number of nitrogens with zero attached hydrogens (tertiary/aromatic N) is 3. The van der Waals surface area contributed by atoms with Crippen molar-refractivity contribution in [2.45, 2.75) is 19.9 Å². The van der Waals surface area contributed by atoms with E-state index in [4.69, 9.17) is 27.9 Å². The molecule has 1 aromatic heterocycles. The standard InChI is InChI=1S/C15H18Cl2N4O2/c1-10-12(16)7-11(8-13(10)17)15(22)18-4-3-14-20-19-9-21(14)5-6-23-2/h7-9H,3-6H2,1-2H3,(H,18,22). The van der Waals surface area contributed by atoms with Gasteiger partial charge in [-0.3, -0.25) is 4.79 Å². The highest BCUT2D eigenvalue weighted by Crippen LogP contribution is 2.25. The second-order valence-corrected chi connectivity index (χ2v) is 5.82. The first kappa shape index (κ1) is 17.7. The number of carbonyl (C=O) groups excluding carboxylic acids is 1. The molecule has 6 nitrogen and oxygen atoms in total. The molecule has 23 heavy (non-hydrogen) atoms. The number of halogens is 2. The molecule has 124 valence electrons. The van der Waals surface area contributed by atoms with Gasteiger partial charge in [-0.1, -0.05) is 23.2 Å². The van der Waals surface area contributed by atoms with Crippen LogP contribution in [-0.4, -0.2) is 40.9 Å². The van der Waals surface area contributed by atoms with Gasteiger partial charge >= 0.3 is 0 Å². The van der Waals surface area contributed by atoms with Crippen LogP contribution in [0, 0.1) is 6.92 Å². The van der Waals surface area contributed by atoms with Crippen LogP contribution < -0.4 is 5.32 Å². The monoisotopic (exact) mass is 356 g/mol. The Hall–Kier alpha value is -1.63. The van der Waals surface area contributed by atoms with Gasteiger partial charge in [0.25, 0.3) is 5.91 Å². The van der Waals surface area contributed by atoms with Gasteiger partial charge in [0.1, 0.15) is 12.2 Å². The fourth-order valence-electron chi connectivity index (χ4n) is 2.02. The molecule has 0 saturated carbocycles. The smallest absolute Gasteiger partial charge is 0.251 e. The average Bonchev–Trinajstić information content (AvgIpc) is 2.97. The van der Waals surface area contributed by atoms with Crippen molar-refractivity contribution >= 4 is 29.1 Å². The van der Waals surface area contributed by atoms with Gasteiger partial charge < -0.3 is 14.6 Å². The molecule has 0 unspecified atom stereocenters. The largest absolute Gasteiger partial charge is 0.383 e. The highest BCUT2D eigenvalue weighted by molar-refractivity contribution is 6.36. The number of aromatic nitrogens is 3. The Morgan fingerprint density at radius 1 is 1.35 bits per heavy atom. The predicted molar refractivity (Wildman–Crippen MR) is 89.1 cm³/mol. The molecule has 1 N–H and O–H groups in total.